The highest BCUT2D eigenvalue weighted by Gasteiger charge is 2.10. The van der Waals surface area contributed by atoms with Crippen molar-refractivity contribution in [3.8, 4) is 11.5 Å². The molecule has 0 aliphatic carbocycles. The molecule has 0 saturated carbocycles. The van der Waals surface area contributed by atoms with Crippen molar-refractivity contribution in [3.05, 3.63) is 77.5 Å². The summed E-state index contributed by atoms with van der Waals surface area (Å²) >= 11 is 0. The molecule has 0 saturated heterocycles. The second-order valence-electron chi connectivity index (χ2n) is 5.82. The van der Waals surface area contributed by atoms with Crippen LogP contribution in [0.25, 0.3) is 6.08 Å². The van der Waals surface area contributed by atoms with Gasteiger partial charge in [-0.1, -0.05) is 30.8 Å². The molecular formula is C21H20NO5-. The number of ether oxygens (including phenoxy) is 2. The van der Waals surface area contributed by atoms with E-state index in [0.717, 1.165) is 5.57 Å². The monoisotopic (exact) mass is 366 g/mol. The zero-order chi connectivity index (χ0) is 19.8. The molecule has 2 rings (SSSR count). The summed E-state index contributed by atoms with van der Waals surface area (Å²) < 4.78 is 10.9. The molecule has 1 N–H and O–H groups in total. The summed E-state index contributed by atoms with van der Waals surface area (Å²) in [6.07, 6.45) is 1.29. The number of carbonyl (C=O) groups excluding carboxylic acids is 2. The maximum absolute atomic E-state index is 12.2. The first-order chi connectivity index (χ1) is 12.9. The Labute approximate surface area is 157 Å². The molecule has 0 radical (unpaired) electrons. The van der Waals surface area contributed by atoms with Crippen LogP contribution >= 0.6 is 0 Å². The highest BCUT2D eigenvalue weighted by molar-refractivity contribution is 6.02. The Bertz CT molecular complexity index is 871. The molecular weight excluding hydrogens is 346 g/mol. The van der Waals surface area contributed by atoms with Crippen LogP contribution in [0.3, 0.4) is 0 Å². The number of benzene rings is 2. The zero-order valence-electron chi connectivity index (χ0n) is 15.2. The van der Waals surface area contributed by atoms with Crippen LogP contribution in [-0.4, -0.2) is 25.6 Å². The second-order valence-corrected chi connectivity index (χ2v) is 5.82. The third-order valence-electron chi connectivity index (χ3n) is 3.48. The average Bonchev–Trinajstić information content (AvgIpc) is 2.66. The Morgan fingerprint density at radius 1 is 1.15 bits per heavy atom. The smallest absolute Gasteiger partial charge is 0.255 e. The van der Waals surface area contributed by atoms with E-state index in [4.69, 9.17) is 9.47 Å². The number of methoxy groups -OCH3 is 1. The van der Waals surface area contributed by atoms with Gasteiger partial charge >= 0.3 is 0 Å². The number of nitrogens with one attached hydrogen (secondary N) is 1. The minimum atomic E-state index is -1.50. The van der Waals surface area contributed by atoms with Crippen LogP contribution in [0.15, 0.2) is 66.4 Å². The summed E-state index contributed by atoms with van der Waals surface area (Å²) in [6.45, 7) is 5.94. The highest BCUT2D eigenvalue weighted by atomic mass is 16.5. The summed E-state index contributed by atoms with van der Waals surface area (Å²) in [5.41, 5.74) is 1.33. The summed E-state index contributed by atoms with van der Waals surface area (Å²) in [4.78, 5) is 23.6. The van der Waals surface area contributed by atoms with Crippen LogP contribution in [0.1, 0.15) is 22.8 Å². The molecule has 0 unspecified atom stereocenters. The number of amides is 1. The highest BCUT2D eigenvalue weighted by Crippen LogP contribution is 2.29. The molecule has 0 fully saturated rings. The largest absolute Gasteiger partial charge is 0.543 e. The lowest BCUT2D eigenvalue weighted by Crippen LogP contribution is -2.35. The number of hydrogen-bond donors (Lipinski definition) is 1. The standard InChI is InChI=1S/C21H21NO5/c1-14(2)13-27-18-10-9-15(12-19(18)26-3)11-17(21(24)25)22-20(23)16-7-5-4-6-8-16/h4-12H,1,13H2,2-3H3,(H,22,23)(H,24,25)/p-1/b17-11+. The lowest BCUT2D eigenvalue weighted by molar-refractivity contribution is -0.299. The molecule has 0 aliphatic rings. The van der Waals surface area contributed by atoms with Gasteiger partial charge in [0.25, 0.3) is 5.91 Å². The summed E-state index contributed by atoms with van der Waals surface area (Å²) in [5, 5.41) is 13.8. The Balaban J connectivity index is 2.25. The van der Waals surface area contributed by atoms with Crippen molar-refractivity contribution in [1.82, 2.24) is 5.32 Å². The molecule has 0 heterocycles. The predicted molar refractivity (Wildman–Crippen MR) is 100 cm³/mol. The number of carboxylic acids is 1. The quantitative estimate of drug-likeness (QED) is 0.571. The molecule has 27 heavy (non-hydrogen) atoms. The predicted octanol–water partition coefficient (Wildman–Crippen LogP) is 2.17. The van der Waals surface area contributed by atoms with E-state index < -0.39 is 11.9 Å². The lowest BCUT2D eigenvalue weighted by atomic mass is 10.1. The van der Waals surface area contributed by atoms with E-state index in [2.05, 4.69) is 11.9 Å². The van der Waals surface area contributed by atoms with Crippen molar-refractivity contribution < 1.29 is 24.2 Å². The molecule has 6 nitrogen and oxygen atoms in total. The second kappa shape index (κ2) is 9.24. The number of rotatable bonds is 8. The van der Waals surface area contributed by atoms with E-state index in [0.29, 0.717) is 29.2 Å². The van der Waals surface area contributed by atoms with Crippen molar-refractivity contribution in [2.45, 2.75) is 6.92 Å². The van der Waals surface area contributed by atoms with Crippen LogP contribution < -0.4 is 19.9 Å². The van der Waals surface area contributed by atoms with Crippen molar-refractivity contribution in [2.75, 3.05) is 13.7 Å². The first kappa shape index (κ1) is 19.8. The van der Waals surface area contributed by atoms with Crippen LogP contribution in [0.4, 0.5) is 0 Å². The van der Waals surface area contributed by atoms with Gasteiger partial charge in [0.1, 0.15) is 6.61 Å². The van der Waals surface area contributed by atoms with E-state index >= 15 is 0 Å². The number of carboxylic acid groups (broad SMARTS) is 1. The maximum atomic E-state index is 12.2. The summed E-state index contributed by atoms with van der Waals surface area (Å²) in [7, 11) is 1.48. The fraction of sp³-hybridized carbons (Fsp3) is 0.143. The molecule has 0 bridgehead atoms. The fourth-order valence-corrected chi connectivity index (χ4v) is 2.19. The number of carbonyl (C=O) groups is 2. The van der Waals surface area contributed by atoms with E-state index in [1.807, 2.05) is 6.92 Å². The Morgan fingerprint density at radius 2 is 1.85 bits per heavy atom. The normalized spacial score (nSPS) is 10.8. The summed E-state index contributed by atoms with van der Waals surface area (Å²) in [6, 6.07) is 13.2. The van der Waals surface area contributed by atoms with E-state index in [-0.39, 0.29) is 5.70 Å². The van der Waals surface area contributed by atoms with Gasteiger partial charge in [-0.3, -0.25) is 4.79 Å². The van der Waals surface area contributed by atoms with Crippen LogP contribution in [0.2, 0.25) is 0 Å². The third-order valence-corrected chi connectivity index (χ3v) is 3.48. The topological polar surface area (TPSA) is 87.7 Å². The molecule has 0 aromatic heterocycles. The summed E-state index contributed by atoms with van der Waals surface area (Å²) in [5.74, 6) is -1.11. The fourth-order valence-electron chi connectivity index (χ4n) is 2.19. The van der Waals surface area contributed by atoms with Gasteiger partial charge < -0.3 is 24.7 Å². The van der Waals surface area contributed by atoms with E-state index in [9.17, 15) is 14.7 Å². The third kappa shape index (κ3) is 5.74. The van der Waals surface area contributed by atoms with Crippen molar-refractivity contribution in [1.29, 1.82) is 0 Å². The first-order valence-electron chi connectivity index (χ1n) is 8.15. The minimum Gasteiger partial charge on any atom is -0.543 e. The Morgan fingerprint density at radius 3 is 2.44 bits per heavy atom. The zero-order valence-corrected chi connectivity index (χ0v) is 15.2. The van der Waals surface area contributed by atoms with Crippen LogP contribution in [0.5, 0.6) is 11.5 Å². The maximum Gasteiger partial charge on any atom is 0.255 e. The Kier molecular flexibility index (Phi) is 6.77. The average molecular weight is 366 g/mol. The van der Waals surface area contributed by atoms with Gasteiger partial charge in [-0.15, -0.1) is 0 Å². The SMILES string of the molecule is C=C(C)COc1ccc(/C=C(/NC(=O)c2ccccc2)C(=O)[O-])cc1OC. The number of hydrogen-bond acceptors (Lipinski definition) is 5. The van der Waals surface area contributed by atoms with Crippen molar-refractivity contribution in [2.24, 2.45) is 0 Å². The van der Waals surface area contributed by atoms with E-state index in [1.54, 1.807) is 48.5 Å². The van der Waals surface area contributed by atoms with Gasteiger partial charge in [0.2, 0.25) is 0 Å². The van der Waals surface area contributed by atoms with Gasteiger partial charge in [-0.2, -0.15) is 0 Å². The first-order valence-corrected chi connectivity index (χ1v) is 8.15. The molecule has 2 aromatic carbocycles. The van der Waals surface area contributed by atoms with Gasteiger partial charge in [0.15, 0.2) is 11.5 Å². The molecule has 0 atom stereocenters. The lowest BCUT2D eigenvalue weighted by Gasteiger charge is -2.13. The molecule has 0 aliphatic heterocycles. The molecule has 6 heteroatoms. The van der Waals surface area contributed by atoms with Gasteiger partial charge in [-0.05, 0) is 48.4 Å². The minimum absolute atomic E-state index is 0.336. The van der Waals surface area contributed by atoms with Gasteiger partial charge in [0, 0.05) is 5.56 Å². The van der Waals surface area contributed by atoms with Crippen LogP contribution in [-0.2, 0) is 4.79 Å². The molecule has 2 aromatic rings. The molecule has 140 valence electrons. The van der Waals surface area contributed by atoms with Crippen molar-refractivity contribution in [3.63, 3.8) is 0 Å². The van der Waals surface area contributed by atoms with Gasteiger partial charge in [-0.25, -0.2) is 0 Å². The number of aliphatic carboxylic acids is 1. The van der Waals surface area contributed by atoms with E-state index in [1.165, 1.54) is 13.2 Å². The Hall–Kier alpha value is -3.54. The molecule has 0 spiro atoms. The van der Waals surface area contributed by atoms with Crippen molar-refractivity contribution >= 4 is 18.0 Å². The van der Waals surface area contributed by atoms with Crippen LogP contribution in [0, 0.1) is 0 Å². The van der Waals surface area contributed by atoms with Gasteiger partial charge in [0.05, 0.1) is 18.8 Å². The molecule has 1 amide bonds.